The molecule has 3 aromatic rings. The van der Waals surface area contributed by atoms with Gasteiger partial charge >= 0.3 is 0 Å². The van der Waals surface area contributed by atoms with Crippen molar-refractivity contribution in [1.29, 1.82) is 0 Å². The average Bonchev–Trinajstić information content (AvgIpc) is 2.70. The van der Waals surface area contributed by atoms with Gasteiger partial charge < -0.3 is 5.32 Å². The van der Waals surface area contributed by atoms with Crippen molar-refractivity contribution in [3.05, 3.63) is 47.5 Å². The highest BCUT2D eigenvalue weighted by molar-refractivity contribution is 5.78. The molecule has 0 aliphatic rings. The summed E-state index contributed by atoms with van der Waals surface area (Å²) in [6.07, 6.45) is 3.42. The van der Waals surface area contributed by atoms with Crippen LogP contribution in [0.25, 0.3) is 11.0 Å². The molecule has 2 aromatic heterocycles. The predicted octanol–water partition coefficient (Wildman–Crippen LogP) is 2.59. The van der Waals surface area contributed by atoms with Crippen molar-refractivity contribution < 1.29 is 0 Å². The standard InChI is InChI=1S/C15H17N5/c1-10-13(11(2)20(3)19-10)9-18-12-4-5-14-15(8-12)17-7-6-16-14/h4-8,18H,9H2,1-3H3. The zero-order valence-corrected chi connectivity index (χ0v) is 11.9. The Hall–Kier alpha value is -2.43. The first kappa shape index (κ1) is 12.6. The highest BCUT2D eigenvalue weighted by atomic mass is 15.3. The number of rotatable bonds is 3. The van der Waals surface area contributed by atoms with Gasteiger partial charge in [0.1, 0.15) is 0 Å². The van der Waals surface area contributed by atoms with E-state index < -0.39 is 0 Å². The van der Waals surface area contributed by atoms with Crippen LogP contribution in [-0.4, -0.2) is 19.7 Å². The van der Waals surface area contributed by atoms with Gasteiger partial charge in [-0.3, -0.25) is 14.6 Å². The minimum absolute atomic E-state index is 0.761. The molecule has 0 saturated carbocycles. The van der Waals surface area contributed by atoms with E-state index in [2.05, 4.69) is 27.3 Å². The van der Waals surface area contributed by atoms with Gasteiger partial charge in [-0.05, 0) is 32.0 Å². The third-order valence-electron chi connectivity index (χ3n) is 3.60. The molecule has 0 saturated heterocycles. The maximum absolute atomic E-state index is 4.43. The number of fused-ring (bicyclic) bond motifs is 1. The minimum atomic E-state index is 0.761. The van der Waals surface area contributed by atoms with Crippen molar-refractivity contribution in [2.45, 2.75) is 20.4 Å². The third kappa shape index (κ3) is 2.22. The van der Waals surface area contributed by atoms with Crippen molar-refractivity contribution in [3.63, 3.8) is 0 Å². The van der Waals surface area contributed by atoms with E-state index in [1.807, 2.05) is 36.9 Å². The predicted molar refractivity (Wildman–Crippen MR) is 79.5 cm³/mol. The SMILES string of the molecule is Cc1nn(C)c(C)c1CNc1ccc2nccnc2c1. The first-order chi connectivity index (χ1) is 9.65. The molecular formula is C15H17N5. The summed E-state index contributed by atoms with van der Waals surface area (Å²) in [7, 11) is 1.97. The molecule has 0 atom stereocenters. The molecule has 0 spiro atoms. The lowest BCUT2D eigenvalue weighted by atomic mass is 10.2. The number of hydrogen-bond acceptors (Lipinski definition) is 4. The number of nitrogens with zero attached hydrogens (tertiary/aromatic N) is 4. The Balaban J connectivity index is 1.83. The van der Waals surface area contributed by atoms with Gasteiger partial charge in [0.15, 0.2) is 0 Å². The Bertz CT molecular complexity index is 760. The van der Waals surface area contributed by atoms with E-state index in [0.717, 1.165) is 29.0 Å². The fourth-order valence-corrected chi connectivity index (χ4v) is 2.34. The van der Waals surface area contributed by atoms with E-state index in [1.54, 1.807) is 12.4 Å². The molecule has 2 heterocycles. The lowest BCUT2D eigenvalue weighted by molar-refractivity contribution is 0.730. The number of benzene rings is 1. The highest BCUT2D eigenvalue weighted by Gasteiger charge is 2.08. The van der Waals surface area contributed by atoms with E-state index in [4.69, 9.17) is 0 Å². The summed E-state index contributed by atoms with van der Waals surface area (Å²) < 4.78 is 1.91. The molecule has 102 valence electrons. The van der Waals surface area contributed by atoms with E-state index in [0.29, 0.717) is 0 Å². The van der Waals surface area contributed by atoms with Crippen LogP contribution in [0.15, 0.2) is 30.6 Å². The fraction of sp³-hybridized carbons (Fsp3) is 0.267. The molecule has 0 aliphatic heterocycles. The monoisotopic (exact) mass is 267 g/mol. The van der Waals surface area contributed by atoms with Crippen molar-refractivity contribution in [2.24, 2.45) is 7.05 Å². The molecule has 5 heteroatoms. The Labute approximate surface area is 117 Å². The molecule has 1 aromatic carbocycles. The second kappa shape index (κ2) is 4.92. The summed E-state index contributed by atoms with van der Waals surface area (Å²) in [5, 5.41) is 7.85. The summed E-state index contributed by atoms with van der Waals surface area (Å²) in [5.41, 5.74) is 6.35. The zero-order valence-electron chi connectivity index (χ0n) is 11.9. The Morgan fingerprint density at radius 3 is 2.55 bits per heavy atom. The summed E-state index contributed by atoms with van der Waals surface area (Å²) in [6, 6.07) is 6.02. The lowest BCUT2D eigenvalue weighted by Gasteiger charge is -2.07. The second-order valence-corrected chi connectivity index (χ2v) is 4.89. The molecule has 0 radical (unpaired) electrons. The smallest absolute Gasteiger partial charge is 0.0907 e. The molecule has 5 nitrogen and oxygen atoms in total. The van der Waals surface area contributed by atoms with Crippen LogP contribution >= 0.6 is 0 Å². The molecule has 0 bridgehead atoms. The van der Waals surface area contributed by atoms with Crippen LogP contribution in [0, 0.1) is 13.8 Å². The van der Waals surface area contributed by atoms with Crippen LogP contribution in [0.4, 0.5) is 5.69 Å². The molecule has 0 aliphatic carbocycles. The van der Waals surface area contributed by atoms with Gasteiger partial charge in [-0.25, -0.2) is 0 Å². The van der Waals surface area contributed by atoms with Crippen molar-refractivity contribution >= 4 is 16.7 Å². The fourth-order valence-electron chi connectivity index (χ4n) is 2.34. The lowest BCUT2D eigenvalue weighted by Crippen LogP contribution is -2.02. The van der Waals surface area contributed by atoms with Gasteiger partial charge in [-0.2, -0.15) is 5.10 Å². The molecule has 0 unspecified atom stereocenters. The van der Waals surface area contributed by atoms with Crippen LogP contribution in [0.3, 0.4) is 0 Å². The Kier molecular flexibility index (Phi) is 3.10. The van der Waals surface area contributed by atoms with Crippen molar-refractivity contribution in [1.82, 2.24) is 19.7 Å². The van der Waals surface area contributed by atoms with Crippen molar-refractivity contribution in [3.8, 4) is 0 Å². The minimum Gasteiger partial charge on any atom is -0.381 e. The molecule has 1 N–H and O–H groups in total. The average molecular weight is 267 g/mol. The van der Waals surface area contributed by atoms with E-state index in [-0.39, 0.29) is 0 Å². The van der Waals surface area contributed by atoms with Gasteiger partial charge in [-0.1, -0.05) is 0 Å². The third-order valence-corrected chi connectivity index (χ3v) is 3.60. The first-order valence-electron chi connectivity index (χ1n) is 6.59. The highest BCUT2D eigenvalue weighted by Crippen LogP contribution is 2.18. The zero-order chi connectivity index (χ0) is 14.1. The van der Waals surface area contributed by atoms with E-state index in [9.17, 15) is 0 Å². The topological polar surface area (TPSA) is 55.6 Å². The van der Waals surface area contributed by atoms with Gasteiger partial charge in [-0.15, -0.1) is 0 Å². The quantitative estimate of drug-likeness (QED) is 0.792. The summed E-state index contributed by atoms with van der Waals surface area (Å²) in [4.78, 5) is 8.59. The Morgan fingerprint density at radius 2 is 1.85 bits per heavy atom. The van der Waals surface area contributed by atoms with Crippen molar-refractivity contribution in [2.75, 3.05) is 5.32 Å². The number of nitrogens with one attached hydrogen (secondary N) is 1. The van der Waals surface area contributed by atoms with Crippen LogP contribution in [0.1, 0.15) is 17.0 Å². The van der Waals surface area contributed by atoms with Gasteiger partial charge in [0.05, 0.1) is 16.7 Å². The van der Waals surface area contributed by atoms with Crippen LogP contribution in [0.2, 0.25) is 0 Å². The number of hydrogen-bond donors (Lipinski definition) is 1. The van der Waals surface area contributed by atoms with Crippen LogP contribution in [0.5, 0.6) is 0 Å². The number of aryl methyl sites for hydroxylation is 2. The van der Waals surface area contributed by atoms with E-state index in [1.165, 1.54) is 11.3 Å². The van der Waals surface area contributed by atoms with Crippen LogP contribution in [-0.2, 0) is 13.6 Å². The molecule has 0 fully saturated rings. The molecular weight excluding hydrogens is 250 g/mol. The molecule has 0 amide bonds. The molecule has 20 heavy (non-hydrogen) atoms. The summed E-state index contributed by atoms with van der Waals surface area (Å²) >= 11 is 0. The second-order valence-electron chi connectivity index (χ2n) is 4.89. The van der Waals surface area contributed by atoms with Crippen LogP contribution < -0.4 is 5.32 Å². The van der Waals surface area contributed by atoms with Gasteiger partial charge in [0.25, 0.3) is 0 Å². The molecule has 3 rings (SSSR count). The maximum atomic E-state index is 4.43. The number of aromatic nitrogens is 4. The largest absolute Gasteiger partial charge is 0.381 e. The Morgan fingerprint density at radius 1 is 1.10 bits per heavy atom. The number of anilines is 1. The van der Waals surface area contributed by atoms with E-state index >= 15 is 0 Å². The first-order valence-corrected chi connectivity index (χ1v) is 6.59. The van der Waals surface area contributed by atoms with Gasteiger partial charge in [0.2, 0.25) is 0 Å². The van der Waals surface area contributed by atoms with Gasteiger partial charge in [0, 0.05) is 42.9 Å². The normalized spacial score (nSPS) is 10.9. The summed E-state index contributed by atoms with van der Waals surface area (Å²) in [5.74, 6) is 0. The maximum Gasteiger partial charge on any atom is 0.0907 e. The summed E-state index contributed by atoms with van der Waals surface area (Å²) in [6.45, 7) is 4.88.